The van der Waals surface area contributed by atoms with Crippen molar-refractivity contribution in [1.82, 2.24) is 30.7 Å². The Hall–Kier alpha value is -9.12. The minimum atomic E-state index is -1.54. The molecule has 0 saturated carbocycles. The highest BCUT2D eigenvalue weighted by Crippen LogP contribution is 2.43. The highest BCUT2D eigenvalue weighted by molar-refractivity contribution is 6.07. The molecule has 0 bridgehead atoms. The van der Waals surface area contributed by atoms with Gasteiger partial charge in [-0.1, -0.05) is 51.0 Å². The highest BCUT2D eigenvalue weighted by atomic mass is 16.8. The fourth-order valence-electron chi connectivity index (χ4n) is 11.5. The van der Waals surface area contributed by atoms with Crippen LogP contribution in [-0.4, -0.2) is 211 Å². The van der Waals surface area contributed by atoms with E-state index < -0.39 is 60.7 Å². The lowest BCUT2D eigenvalue weighted by atomic mass is 9.94. The number of benzene rings is 3. The molecule has 0 aromatic heterocycles. The van der Waals surface area contributed by atoms with Gasteiger partial charge >= 0.3 is 6.09 Å². The van der Waals surface area contributed by atoms with Crippen molar-refractivity contribution in [3.63, 3.8) is 0 Å². The van der Waals surface area contributed by atoms with Crippen LogP contribution in [0.4, 0.5) is 21.9 Å². The molecule has 3 aromatic rings. The summed E-state index contributed by atoms with van der Waals surface area (Å²) >= 11 is 0. The van der Waals surface area contributed by atoms with Crippen LogP contribution in [0.15, 0.2) is 77.1 Å². The molecular formula is C70H93N9O23. The number of hydrogen-bond acceptors (Lipinski definition) is 24. The number of nitrogens with one attached hydrogen (secondary N) is 4. The average molecular weight is 1430 g/mol. The minimum Gasteiger partial charge on any atom is -0.493 e. The van der Waals surface area contributed by atoms with Gasteiger partial charge < -0.3 is 97.8 Å². The summed E-state index contributed by atoms with van der Waals surface area (Å²) in [6, 6.07) is 9.68. The number of carbonyl (C=O) groups excluding carboxylic acids is 9. The second-order valence-corrected chi connectivity index (χ2v) is 25.4. The number of imide groups is 1. The molecule has 5 aliphatic heterocycles. The topological polar surface area (TPSA) is 367 Å². The zero-order valence-corrected chi connectivity index (χ0v) is 59.0. The van der Waals surface area contributed by atoms with Gasteiger partial charge in [0, 0.05) is 68.3 Å². The Balaban J connectivity index is 0.687. The predicted octanol–water partition coefficient (Wildman–Crippen LogP) is 5.72. The zero-order valence-electron chi connectivity index (χ0n) is 59.0. The summed E-state index contributed by atoms with van der Waals surface area (Å²) in [5.74, 6) is -2.55. The van der Waals surface area contributed by atoms with E-state index in [-0.39, 0.29) is 170 Å². The average Bonchev–Trinajstić information content (AvgIpc) is 1.59. The van der Waals surface area contributed by atoms with Gasteiger partial charge in [-0.25, -0.2) is 9.69 Å². The Labute approximate surface area is 591 Å². The van der Waals surface area contributed by atoms with Gasteiger partial charge in [-0.2, -0.15) is 0 Å². The molecule has 0 radical (unpaired) electrons. The SMILES string of the molecule is COc1cc2c(cc1OCCCCCOc1cc3c(cc1OC)C(=O)N1C=C(C)C[C@H]1[C@H](O)N3C(=O)OCc1ccc(NC(=O)[C@H](C)NC(=O)[C@@H](NC(=O)COCOCOCOCOCOCOCOCCNC(=O)CCN3C(=O)CC(C(C)C)C3=O)C(C)C)cc1)N=C[C@@H]1CC(C)=CN1C2=O. The van der Waals surface area contributed by atoms with Gasteiger partial charge in [-0.3, -0.25) is 48.2 Å². The maximum atomic E-state index is 14.3. The Morgan fingerprint density at radius 3 is 1.84 bits per heavy atom. The number of ether oxygens (including phenoxy) is 13. The number of amides is 9. The number of anilines is 2. The fraction of sp³-hybridized carbons (Fsp3) is 0.543. The van der Waals surface area contributed by atoms with Crippen LogP contribution in [0.1, 0.15) is 120 Å². The second-order valence-electron chi connectivity index (χ2n) is 25.4. The Morgan fingerprint density at radius 2 is 1.23 bits per heavy atom. The number of aliphatic hydroxyl groups is 1. The summed E-state index contributed by atoms with van der Waals surface area (Å²) in [5, 5.41) is 22.6. The van der Waals surface area contributed by atoms with Crippen molar-refractivity contribution < 1.29 is 110 Å². The number of nitrogens with zero attached hydrogens (tertiary/aromatic N) is 5. The molecule has 5 heterocycles. The van der Waals surface area contributed by atoms with E-state index in [2.05, 4.69) is 26.3 Å². The maximum absolute atomic E-state index is 14.3. The third-order valence-corrected chi connectivity index (χ3v) is 17.0. The monoisotopic (exact) mass is 1430 g/mol. The molecule has 5 aliphatic rings. The minimum absolute atomic E-state index is 0.00381. The van der Waals surface area contributed by atoms with E-state index in [1.807, 2.05) is 33.9 Å². The zero-order chi connectivity index (χ0) is 73.4. The number of hydrogen-bond donors (Lipinski definition) is 5. The normalized spacial score (nSPS) is 18.2. The molecule has 6 atom stereocenters. The first kappa shape index (κ1) is 78.6. The molecule has 0 aliphatic carbocycles. The Kier molecular flexibility index (Phi) is 29.9. The number of aliphatic hydroxyl groups excluding tert-OH is 1. The van der Waals surface area contributed by atoms with Gasteiger partial charge in [0.2, 0.25) is 35.4 Å². The first-order valence-electron chi connectivity index (χ1n) is 33.7. The largest absolute Gasteiger partial charge is 0.493 e. The lowest BCUT2D eigenvalue weighted by Crippen LogP contribution is -2.54. The van der Waals surface area contributed by atoms with Crippen LogP contribution >= 0.6 is 0 Å². The number of fused-ring (bicyclic) bond motifs is 4. The van der Waals surface area contributed by atoms with Crippen LogP contribution in [0, 0.1) is 17.8 Å². The molecule has 32 nitrogen and oxygen atoms in total. The van der Waals surface area contributed by atoms with E-state index in [0.717, 1.165) is 27.4 Å². The summed E-state index contributed by atoms with van der Waals surface area (Å²) < 4.78 is 71.0. The van der Waals surface area contributed by atoms with Crippen LogP contribution in [0.25, 0.3) is 0 Å². The third-order valence-electron chi connectivity index (χ3n) is 17.0. The van der Waals surface area contributed by atoms with Crippen LogP contribution in [0.5, 0.6) is 23.0 Å². The number of likely N-dealkylation sites (tertiary alicyclic amines) is 1. The molecule has 556 valence electrons. The number of carbonyl (C=O) groups is 9. The van der Waals surface area contributed by atoms with Crippen molar-refractivity contribution in [2.75, 3.05) is 112 Å². The molecule has 8 rings (SSSR count). The molecule has 32 heteroatoms. The quantitative estimate of drug-likeness (QED) is 0.0258. The first-order valence-corrected chi connectivity index (χ1v) is 33.7. The molecule has 1 fully saturated rings. The van der Waals surface area contributed by atoms with Crippen molar-refractivity contribution >= 4 is 76.6 Å². The summed E-state index contributed by atoms with van der Waals surface area (Å²) in [6.07, 6.45) is 5.90. The van der Waals surface area contributed by atoms with Gasteiger partial charge in [0.05, 0.1) is 68.6 Å². The van der Waals surface area contributed by atoms with E-state index >= 15 is 0 Å². The van der Waals surface area contributed by atoms with Crippen LogP contribution in [0.3, 0.4) is 0 Å². The number of unbranched alkanes of at least 4 members (excludes halogenated alkanes) is 2. The van der Waals surface area contributed by atoms with Gasteiger partial charge in [-0.05, 0) is 94.5 Å². The van der Waals surface area contributed by atoms with E-state index in [4.69, 9.17) is 61.6 Å². The van der Waals surface area contributed by atoms with Crippen molar-refractivity contribution in [2.45, 2.75) is 130 Å². The summed E-state index contributed by atoms with van der Waals surface area (Å²) in [7, 11) is 2.95. The second kappa shape index (κ2) is 38.8. The van der Waals surface area contributed by atoms with Crippen molar-refractivity contribution in [3.8, 4) is 23.0 Å². The van der Waals surface area contributed by atoms with E-state index in [1.54, 1.807) is 67.6 Å². The predicted molar refractivity (Wildman–Crippen MR) is 364 cm³/mol. The molecular weight excluding hydrogens is 1330 g/mol. The van der Waals surface area contributed by atoms with Crippen LogP contribution < -0.4 is 45.1 Å². The van der Waals surface area contributed by atoms with Gasteiger partial charge in [0.25, 0.3) is 11.8 Å². The van der Waals surface area contributed by atoms with Crippen LogP contribution in [0.2, 0.25) is 0 Å². The molecule has 1 unspecified atom stereocenters. The molecule has 1 saturated heterocycles. The van der Waals surface area contributed by atoms with Gasteiger partial charge in [0.1, 0.15) is 38.9 Å². The molecule has 0 spiro atoms. The van der Waals surface area contributed by atoms with Crippen LogP contribution in [-0.2, 0) is 78.0 Å². The Morgan fingerprint density at radius 1 is 0.637 bits per heavy atom. The van der Waals surface area contributed by atoms with Crippen molar-refractivity contribution in [1.29, 1.82) is 0 Å². The van der Waals surface area contributed by atoms with Gasteiger partial charge in [-0.15, -0.1) is 0 Å². The summed E-state index contributed by atoms with van der Waals surface area (Å²) in [4.78, 5) is 128. The molecule has 102 heavy (non-hydrogen) atoms. The standard InChI is InChI=1S/C70H93N9O23/c1-42(2)50-27-62(82)76(66(50)85)19-17-60(80)71-18-22-92-35-94-37-96-39-98-41-99-40-97-38-95-36-93-34-61(81)75-63(43(3)4)65(84)73-46(7)64(83)74-48-15-13-47(14-16-48)33-102-70(89)79-54-29-59(57(91-9)26-52(54)68(87)78-32-45(6)24-55(78)69(79)88)101-21-12-10-11-20-100-58-28-53-51(25-56(58)90-8)67(86)77-31-44(5)23-49(77)30-72-53/h13-16,25-26,28-32,42-43,46,49-50,55,63,69,88H,10-12,17-24,27,33-41H2,1-9H3,(H,71,80)(H,73,84)(H,74,83)(H,75,81)/t46-,49-,50?,55-,63-,69-/m0/s1. The maximum Gasteiger partial charge on any atom is 0.416 e. The lowest BCUT2D eigenvalue weighted by Gasteiger charge is -2.31. The van der Waals surface area contributed by atoms with Crippen molar-refractivity contribution in [3.05, 3.63) is 88.8 Å². The Bertz CT molecular complexity index is 3530. The fourth-order valence-corrected chi connectivity index (χ4v) is 11.5. The molecule has 9 amide bonds. The lowest BCUT2D eigenvalue weighted by molar-refractivity contribution is -0.221. The first-order chi connectivity index (χ1) is 49.1. The third kappa shape index (κ3) is 21.7. The smallest absolute Gasteiger partial charge is 0.416 e. The molecule has 3 aromatic carbocycles. The summed E-state index contributed by atoms with van der Waals surface area (Å²) in [5.41, 5.74) is 3.84. The van der Waals surface area contributed by atoms with Crippen molar-refractivity contribution in [2.24, 2.45) is 22.7 Å². The number of methoxy groups -OCH3 is 2. The van der Waals surface area contributed by atoms with E-state index in [9.17, 15) is 48.3 Å². The number of aliphatic imine (C=N–C) groups is 1. The summed E-state index contributed by atoms with van der Waals surface area (Å²) in [6.45, 7) is 11.4. The highest BCUT2D eigenvalue weighted by Gasteiger charge is 2.46. The van der Waals surface area contributed by atoms with E-state index in [1.165, 1.54) is 38.2 Å². The van der Waals surface area contributed by atoms with Gasteiger partial charge in [0.15, 0.2) is 63.2 Å². The number of rotatable bonds is 41. The van der Waals surface area contributed by atoms with E-state index in [0.29, 0.717) is 59.9 Å². The molecule has 5 N–H and O–H groups in total.